The molecule has 6 nitrogen and oxygen atoms in total. The molecule has 0 amide bonds. The first-order valence-electron chi connectivity index (χ1n) is 5.24. The summed E-state index contributed by atoms with van der Waals surface area (Å²) in [5.41, 5.74) is 7.78. The van der Waals surface area contributed by atoms with Crippen LogP contribution in [-0.4, -0.2) is 28.0 Å². The molecule has 0 unspecified atom stereocenters. The molecule has 0 bridgehead atoms. The van der Waals surface area contributed by atoms with Crippen LogP contribution in [0.15, 0.2) is 24.3 Å². The fourth-order valence-corrected chi connectivity index (χ4v) is 1.74. The van der Waals surface area contributed by atoms with Gasteiger partial charge in [0, 0.05) is 12.6 Å². The summed E-state index contributed by atoms with van der Waals surface area (Å²) in [6, 6.07) is 6.76. The van der Waals surface area contributed by atoms with E-state index in [1.165, 1.54) is 17.9 Å². The topological polar surface area (TPSA) is 90.4 Å². The number of carbonyl (C=O) groups is 1. The molecule has 0 saturated heterocycles. The van der Waals surface area contributed by atoms with Crippen LogP contribution >= 0.6 is 0 Å². The van der Waals surface area contributed by atoms with Crippen LogP contribution in [0.1, 0.15) is 10.5 Å². The monoisotopic (exact) mass is 247 g/mol. The Balaban J connectivity index is 2.48. The maximum atomic E-state index is 10.8. The molecule has 18 heavy (non-hydrogen) atoms. The summed E-state index contributed by atoms with van der Waals surface area (Å²) in [5.74, 6) is -0.474. The zero-order valence-electron chi connectivity index (χ0n) is 10.0. The van der Waals surface area contributed by atoms with Gasteiger partial charge in [-0.2, -0.15) is 5.10 Å². The fourth-order valence-electron chi connectivity index (χ4n) is 1.74. The predicted molar refractivity (Wildman–Crippen MR) is 66.6 cm³/mol. The highest BCUT2D eigenvalue weighted by Crippen LogP contribution is 2.28. The second-order valence-electron chi connectivity index (χ2n) is 3.80. The number of aromatic nitrogens is 2. The Hall–Kier alpha value is -2.50. The van der Waals surface area contributed by atoms with Crippen molar-refractivity contribution < 1.29 is 14.6 Å². The van der Waals surface area contributed by atoms with Crippen molar-refractivity contribution in [2.24, 2.45) is 7.05 Å². The van der Waals surface area contributed by atoms with Crippen LogP contribution in [0.4, 0.5) is 5.69 Å². The van der Waals surface area contributed by atoms with Crippen molar-refractivity contribution in [2.75, 3.05) is 12.8 Å². The number of methoxy groups -OCH3 is 1. The van der Waals surface area contributed by atoms with Gasteiger partial charge in [0.15, 0.2) is 5.69 Å². The van der Waals surface area contributed by atoms with Crippen LogP contribution in [0.3, 0.4) is 0 Å². The number of nitrogens with zero attached hydrogens (tertiary/aromatic N) is 2. The molecule has 1 aromatic heterocycles. The van der Waals surface area contributed by atoms with E-state index in [-0.39, 0.29) is 5.69 Å². The number of carboxylic acid groups (broad SMARTS) is 1. The van der Waals surface area contributed by atoms with Gasteiger partial charge in [-0.05, 0) is 24.3 Å². The number of carboxylic acids is 1. The molecule has 3 N–H and O–H groups in total. The van der Waals surface area contributed by atoms with E-state index in [4.69, 9.17) is 15.6 Å². The summed E-state index contributed by atoms with van der Waals surface area (Å²) >= 11 is 0. The number of ether oxygens (including phenoxy) is 1. The third kappa shape index (κ3) is 2.00. The molecule has 2 rings (SSSR count). The summed E-state index contributed by atoms with van der Waals surface area (Å²) in [4.78, 5) is 10.8. The van der Waals surface area contributed by atoms with E-state index in [0.29, 0.717) is 17.1 Å². The Labute approximate surface area is 104 Å². The lowest BCUT2D eigenvalue weighted by Gasteiger charge is -2.07. The van der Waals surface area contributed by atoms with Crippen LogP contribution in [0.25, 0.3) is 11.3 Å². The molecule has 2 aromatic rings. The van der Waals surface area contributed by atoms with Crippen molar-refractivity contribution in [3.8, 4) is 17.0 Å². The molecular weight excluding hydrogens is 234 g/mol. The summed E-state index contributed by atoms with van der Waals surface area (Å²) in [6.07, 6.45) is 0. The number of nitrogen functional groups attached to an aromatic ring is 1. The van der Waals surface area contributed by atoms with E-state index in [2.05, 4.69) is 5.10 Å². The highest BCUT2D eigenvalue weighted by Gasteiger charge is 2.13. The lowest BCUT2D eigenvalue weighted by atomic mass is 10.1. The first kappa shape index (κ1) is 12.0. The third-order valence-corrected chi connectivity index (χ3v) is 2.62. The van der Waals surface area contributed by atoms with Crippen LogP contribution in [0, 0.1) is 0 Å². The van der Waals surface area contributed by atoms with E-state index < -0.39 is 5.97 Å². The molecule has 0 aliphatic rings. The van der Waals surface area contributed by atoms with Gasteiger partial charge in [-0.3, -0.25) is 4.68 Å². The van der Waals surface area contributed by atoms with E-state index >= 15 is 0 Å². The van der Waals surface area contributed by atoms with Gasteiger partial charge in [0.25, 0.3) is 0 Å². The summed E-state index contributed by atoms with van der Waals surface area (Å²) in [5, 5.41) is 12.8. The van der Waals surface area contributed by atoms with Crippen molar-refractivity contribution in [1.29, 1.82) is 0 Å². The van der Waals surface area contributed by atoms with Gasteiger partial charge < -0.3 is 15.6 Å². The number of rotatable bonds is 3. The second-order valence-corrected chi connectivity index (χ2v) is 3.80. The highest BCUT2D eigenvalue weighted by atomic mass is 16.5. The van der Waals surface area contributed by atoms with Crippen molar-refractivity contribution in [3.63, 3.8) is 0 Å². The normalized spacial score (nSPS) is 10.3. The fraction of sp³-hybridized carbons (Fsp3) is 0.167. The summed E-state index contributed by atoms with van der Waals surface area (Å²) in [7, 11) is 3.22. The largest absolute Gasteiger partial charge is 0.495 e. The molecule has 0 atom stereocenters. The second kappa shape index (κ2) is 4.40. The van der Waals surface area contributed by atoms with E-state index in [9.17, 15) is 4.79 Å². The molecule has 1 aromatic carbocycles. The Kier molecular flexibility index (Phi) is 2.93. The summed E-state index contributed by atoms with van der Waals surface area (Å²) < 4.78 is 6.57. The number of anilines is 1. The number of hydrogen-bond donors (Lipinski definition) is 2. The zero-order valence-corrected chi connectivity index (χ0v) is 10.0. The molecular formula is C12H13N3O3. The third-order valence-electron chi connectivity index (χ3n) is 2.62. The lowest BCUT2D eigenvalue weighted by Crippen LogP contribution is -1.99. The van der Waals surface area contributed by atoms with Crippen molar-refractivity contribution in [2.45, 2.75) is 0 Å². The minimum Gasteiger partial charge on any atom is -0.495 e. The van der Waals surface area contributed by atoms with Crippen molar-refractivity contribution >= 4 is 11.7 Å². The van der Waals surface area contributed by atoms with Gasteiger partial charge in [0.2, 0.25) is 0 Å². The van der Waals surface area contributed by atoms with Crippen LogP contribution < -0.4 is 10.5 Å². The Morgan fingerprint density at radius 3 is 2.67 bits per heavy atom. The van der Waals surface area contributed by atoms with E-state index in [0.717, 1.165) is 5.56 Å². The maximum absolute atomic E-state index is 10.8. The average Bonchev–Trinajstić information content (AvgIpc) is 2.71. The minimum absolute atomic E-state index is 0.00175. The molecule has 6 heteroatoms. The van der Waals surface area contributed by atoms with Crippen molar-refractivity contribution in [1.82, 2.24) is 9.78 Å². The molecule has 0 spiro atoms. The van der Waals surface area contributed by atoms with Gasteiger partial charge in [-0.25, -0.2) is 4.79 Å². The van der Waals surface area contributed by atoms with Crippen LogP contribution in [-0.2, 0) is 7.05 Å². The molecule has 0 aliphatic heterocycles. The first-order valence-corrected chi connectivity index (χ1v) is 5.24. The minimum atomic E-state index is -1.06. The Morgan fingerprint density at radius 1 is 1.44 bits per heavy atom. The van der Waals surface area contributed by atoms with E-state index in [1.54, 1.807) is 25.2 Å². The highest BCUT2D eigenvalue weighted by molar-refractivity contribution is 5.87. The molecule has 0 radical (unpaired) electrons. The number of aromatic carboxylic acids is 1. The number of benzene rings is 1. The smallest absolute Gasteiger partial charge is 0.356 e. The van der Waals surface area contributed by atoms with Gasteiger partial charge in [0.1, 0.15) is 5.75 Å². The van der Waals surface area contributed by atoms with Crippen molar-refractivity contribution in [3.05, 3.63) is 30.0 Å². The predicted octanol–water partition coefficient (Wildman–Crippen LogP) is 1.38. The molecule has 0 fully saturated rings. The maximum Gasteiger partial charge on any atom is 0.356 e. The molecule has 94 valence electrons. The Morgan fingerprint density at radius 2 is 2.17 bits per heavy atom. The zero-order chi connectivity index (χ0) is 13.3. The number of nitrogens with two attached hydrogens (primary N) is 1. The SMILES string of the molecule is COc1ccc(-c2cc(C(=O)O)nn2C)cc1N. The van der Waals surface area contributed by atoms with Gasteiger partial charge in [-0.15, -0.1) is 0 Å². The average molecular weight is 247 g/mol. The molecule has 1 heterocycles. The van der Waals surface area contributed by atoms with Gasteiger partial charge >= 0.3 is 5.97 Å². The Bertz CT molecular complexity index is 605. The van der Waals surface area contributed by atoms with Crippen LogP contribution in [0.2, 0.25) is 0 Å². The lowest BCUT2D eigenvalue weighted by molar-refractivity contribution is 0.0689. The van der Waals surface area contributed by atoms with Crippen LogP contribution in [0.5, 0.6) is 5.75 Å². The quantitative estimate of drug-likeness (QED) is 0.799. The number of hydrogen-bond acceptors (Lipinski definition) is 4. The first-order chi connectivity index (χ1) is 8.52. The molecule has 0 saturated carbocycles. The van der Waals surface area contributed by atoms with Gasteiger partial charge in [-0.1, -0.05) is 0 Å². The van der Waals surface area contributed by atoms with E-state index in [1.807, 2.05) is 0 Å². The number of aryl methyl sites for hydroxylation is 1. The summed E-state index contributed by atoms with van der Waals surface area (Å²) in [6.45, 7) is 0. The standard InChI is InChI=1S/C12H13N3O3/c1-15-10(6-9(14-15)12(16)17)7-3-4-11(18-2)8(13)5-7/h3-6H,13H2,1-2H3,(H,16,17). The van der Waals surface area contributed by atoms with Gasteiger partial charge in [0.05, 0.1) is 18.5 Å². The molecule has 0 aliphatic carbocycles.